The molecule has 7 heteroatoms. The van der Waals surface area contributed by atoms with Crippen LogP contribution in [0.3, 0.4) is 0 Å². The van der Waals surface area contributed by atoms with Gasteiger partial charge in [0.15, 0.2) is 0 Å². The summed E-state index contributed by atoms with van der Waals surface area (Å²) in [6.45, 7) is 7.81. The largest absolute Gasteiger partial charge is 2.00 e. The molecular formula is C51H45N5OPt+2. The van der Waals surface area contributed by atoms with E-state index in [1.54, 1.807) is 18.3 Å². The molecule has 58 heavy (non-hydrogen) atoms. The fourth-order valence-corrected chi connectivity index (χ4v) is 7.47. The standard InChI is InChI=1S/C51H45N5O.Pt/c1-33-14-13-15-34(2)49(33)41-16-9-10-17-43(41)55-32-54(45-18-11-12-19-46(45)55)37-26-36(51(6,7)8)27-39(29-37)57-38-20-21-40-42-31-52-24-23-44(42)56(47(40)30-38)48-28-35(22-25-53-48)50(3,4)5;/h9-28,31H,1-8H3;/q;+2/i1D3,2D3;. The van der Waals surface area contributed by atoms with E-state index in [-0.39, 0.29) is 48.6 Å². The number of aryl methyl sites for hydroxylation is 2. The van der Waals surface area contributed by atoms with E-state index in [4.69, 9.17) is 17.9 Å². The zero-order chi connectivity index (χ0) is 44.6. The molecule has 0 aliphatic carbocycles. The molecule has 5 aromatic carbocycles. The fourth-order valence-electron chi connectivity index (χ4n) is 7.47. The van der Waals surface area contributed by atoms with Crippen LogP contribution in [-0.2, 0) is 31.9 Å². The molecule has 1 aliphatic heterocycles. The van der Waals surface area contributed by atoms with Gasteiger partial charge in [0.2, 0.25) is 5.69 Å². The summed E-state index contributed by atoms with van der Waals surface area (Å²) in [7, 11) is 0. The van der Waals surface area contributed by atoms with Crippen LogP contribution >= 0.6 is 0 Å². The number of fused-ring (bicyclic) bond motifs is 4. The Hall–Kier alpha value is -5.93. The van der Waals surface area contributed by atoms with Crippen molar-refractivity contribution in [3.63, 3.8) is 0 Å². The zero-order valence-corrected chi connectivity index (χ0v) is 35.4. The Labute approximate surface area is 363 Å². The second-order valence-corrected chi connectivity index (χ2v) is 16.4. The van der Waals surface area contributed by atoms with E-state index < -0.39 is 13.7 Å². The summed E-state index contributed by atoms with van der Waals surface area (Å²) >= 11 is 0. The van der Waals surface area contributed by atoms with Gasteiger partial charge in [-0.05, 0) is 81.0 Å². The number of rotatable bonds is 6. The first-order chi connectivity index (χ1) is 29.8. The van der Waals surface area contributed by atoms with Gasteiger partial charge in [-0.1, -0.05) is 106 Å². The number of benzene rings is 5. The van der Waals surface area contributed by atoms with Crippen molar-refractivity contribution < 1.29 is 34.0 Å². The van der Waals surface area contributed by atoms with E-state index in [9.17, 15) is 0 Å². The number of nitrogens with zero attached hydrogens (tertiary/aromatic N) is 5. The van der Waals surface area contributed by atoms with Crippen molar-refractivity contribution in [1.29, 1.82) is 0 Å². The van der Waals surface area contributed by atoms with Crippen LogP contribution in [0.2, 0.25) is 0 Å². The van der Waals surface area contributed by atoms with Gasteiger partial charge < -0.3 is 9.30 Å². The summed E-state index contributed by atoms with van der Waals surface area (Å²) in [4.78, 5) is 9.25. The fraction of sp³-hybridized carbons (Fsp3) is 0.196. The smallest absolute Gasteiger partial charge is 0.509 e. The summed E-state index contributed by atoms with van der Waals surface area (Å²) in [6.07, 6.45) is 5.49. The SMILES string of the molecule is [2H]C([2H])([2H])c1cccc(C([2H])([2H])[2H])c1-c1ccccc1[N+]1=C=[N+](c2[c-]c(Oc3[c-]c4c(cc3)c3cnccc3n4-c3cc(C(C)(C)C)ccn3)cc(C(C)(C)C)c2)c2ccccc21.[Pt+2]. The number of para-hydroxylation sites is 3. The molecule has 0 N–H and O–H groups in total. The Kier molecular flexibility index (Phi) is 8.17. The molecular weight excluding hydrogens is 894 g/mol. The number of ether oxygens (including phenoxy) is 1. The second kappa shape index (κ2) is 14.8. The molecule has 0 saturated heterocycles. The van der Waals surface area contributed by atoms with Gasteiger partial charge in [-0.25, -0.2) is 4.98 Å². The van der Waals surface area contributed by atoms with E-state index in [1.807, 2.05) is 88.3 Å². The van der Waals surface area contributed by atoms with Gasteiger partial charge in [0.1, 0.15) is 11.5 Å². The van der Waals surface area contributed by atoms with Gasteiger partial charge in [-0.2, -0.15) is 6.07 Å². The van der Waals surface area contributed by atoms with Gasteiger partial charge in [0, 0.05) is 62.0 Å². The Bertz CT molecular complexity index is 3170. The van der Waals surface area contributed by atoms with Gasteiger partial charge in [-0.15, -0.1) is 29.1 Å². The molecule has 0 amide bonds. The van der Waals surface area contributed by atoms with Crippen molar-refractivity contribution in [1.82, 2.24) is 23.7 Å². The molecule has 0 unspecified atom stereocenters. The molecule has 0 atom stereocenters. The minimum absolute atomic E-state index is 0. The Morgan fingerprint density at radius 1 is 0.672 bits per heavy atom. The van der Waals surface area contributed by atoms with Crippen LogP contribution in [0.15, 0.2) is 128 Å². The molecule has 0 spiro atoms. The molecule has 1 aliphatic rings. The van der Waals surface area contributed by atoms with Crippen LogP contribution in [0.1, 0.15) is 72.0 Å². The third-order valence-corrected chi connectivity index (χ3v) is 10.5. The van der Waals surface area contributed by atoms with Gasteiger partial charge in [0.05, 0.1) is 5.56 Å². The predicted molar refractivity (Wildman–Crippen MR) is 234 cm³/mol. The maximum Gasteiger partial charge on any atom is 2.00 e. The van der Waals surface area contributed by atoms with Crippen molar-refractivity contribution in [3.8, 4) is 28.4 Å². The van der Waals surface area contributed by atoms with Crippen molar-refractivity contribution >= 4 is 50.6 Å². The summed E-state index contributed by atoms with van der Waals surface area (Å²) in [5.74, 6) is 1.73. The molecule has 4 heterocycles. The van der Waals surface area contributed by atoms with Crippen LogP contribution in [-0.4, -0.2) is 20.5 Å². The number of pyridine rings is 2. The van der Waals surface area contributed by atoms with Gasteiger partial charge in [-0.3, -0.25) is 4.98 Å². The molecule has 8 aromatic rings. The first-order valence-corrected chi connectivity index (χ1v) is 19.0. The molecule has 0 bridgehead atoms. The summed E-state index contributed by atoms with van der Waals surface area (Å²) in [5, 5.41) is 1.94. The average molecular weight is 945 g/mol. The van der Waals surface area contributed by atoms with Crippen LogP contribution in [0.4, 0.5) is 22.7 Å². The summed E-state index contributed by atoms with van der Waals surface area (Å²) in [5.41, 5.74) is 6.82. The molecule has 0 saturated carbocycles. The maximum atomic E-state index is 8.41. The number of aromatic nitrogens is 3. The molecule has 0 radical (unpaired) electrons. The van der Waals surface area contributed by atoms with E-state index in [2.05, 4.69) is 81.4 Å². The van der Waals surface area contributed by atoms with Gasteiger partial charge in [0.25, 0.3) is 11.4 Å². The molecule has 3 aromatic heterocycles. The van der Waals surface area contributed by atoms with Crippen molar-refractivity contribution in [2.24, 2.45) is 0 Å². The third-order valence-electron chi connectivity index (χ3n) is 10.5. The Morgan fingerprint density at radius 3 is 2.10 bits per heavy atom. The zero-order valence-electron chi connectivity index (χ0n) is 39.1. The van der Waals surface area contributed by atoms with E-state index >= 15 is 0 Å². The topological polar surface area (TPSA) is 46.0 Å². The van der Waals surface area contributed by atoms with E-state index in [0.717, 1.165) is 50.1 Å². The van der Waals surface area contributed by atoms with Crippen molar-refractivity contribution in [2.45, 2.75) is 66.1 Å². The summed E-state index contributed by atoms with van der Waals surface area (Å²) in [6, 6.07) is 44.3. The molecule has 9 rings (SSSR count). The number of hydrogen-bond acceptors (Lipinski definition) is 3. The minimum atomic E-state index is -2.57. The molecule has 288 valence electrons. The molecule has 6 nitrogen and oxygen atoms in total. The third kappa shape index (κ3) is 6.91. The second-order valence-electron chi connectivity index (χ2n) is 16.4. The quantitative estimate of drug-likeness (QED) is 0.123. The maximum absolute atomic E-state index is 8.41. The molecule has 0 fully saturated rings. The van der Waals surface area contributed by atoms with Crippen LogP contribution in [0, 0.1) is 25.8 Å². The first kappa shape index (κ1) is 32.1. The summed E-state index contributed by atoms with van der Waals surface area (Å²) < 4.78 is 63.0. The van der Waals surface area contributed by atoms with Gasteiger partial charge >= 0.3 is 27.1 Å². The van der Waals surface area contributed by atoms with Crippen LogP contribution in [0.25, 0.3) is 38.8 Å². The van der Waals surface area contributed by atoms with E-state index in [1.165, 1.54) is 18.2 Å². The van der Waals surface area contributed by atoms with Crippen molar-refractivity contribution in [2.75, 3.05) is 0 Å². The Balaban J connectivity index is 0.00000560. The first-order valence-electron chi connectivity index (χ1n) is 22.0. The van der Waals surface area contributed by atoms with Crippen LogP contribution in [0.5, 0.6) is 11.5 Å². The average Bonchev–Trinajstić information content (AvgIpc) is 3.78. The van der Waals surface area contributed by atoms with E-state index in [0.29, 0.717) is 28.4 Å². The van der Waals surface area contributed by atoms with Crippen molar-refractivity contribution in [3.05, 3.63) is 162 Å². The number of hydrogen-bond donors (Lipinski definition) is 0. The monoisotopic (exact) mass is 944 g/mol. The van der Waals surface area contributed by atoms with Crippen LogP contribution < -0.4 is 13.9 Å². The predicted octanol–water partition coefficient (Wildman–Crippen LogP) is 12.7. The minimum Gasteiger partial charge on any atom is -0.509 e. The Morgan fingerprint density at radius 2 is 1.38 bits per heavy atom. The normalized spacial score (nSPS) is 14.6.